The van der Waals surface area contributed by atoms with Crippen LogP contribution in [0.2, 0.25) is 0 Å². The highest BCUT2D eigenvalue weighted by atomic mass is 14.7. The third-order valence-corrected chi connectivity index (χ3v) is 10.1. The molecule has 0 aliphatic heterocycles. The summed E-state index contributed by atoms with van der Waals surface area (Å²) in [6, 6.07) is 40.7. The number of pyridine rings is 3. The summed E-state index contributed by atoms with van der Waals surface area (Å²) in [5.41, 5.74) is 13.1. The van der Waals surface area contributed by atoms with Crippen molar-refractivity contribution in [3.8, 4) is 33.6 Å². The third-order valence-electron chi connectivity index (χ3n) is 10.1. The van der Waals surface area contributed by atoms with Gasteiger partial charge in [-0.1, -0.05) is 116 Å². The summed E-state index contributed by atoms with van der Waals surface area (Å²) >= 11 is 0. The third kappa shape index (κ3) is 4.85. The Kier molecular flexibility index (Phi) is 6.94. The summed E-state index contributed by atoms with van der Waals surface area (Å²) in [6.07, 6.45) is 9.86. The van der Waals surface area contributed by atoms with Gasteiger partial charge in [-0.2, -0.15) is 0 Å². The van der Waals surface area contributed by atoms with E-state index in [2.05, 4.69) is 147 Å². The number of benzene rings is 5. The van der Waals surface area contributed by atoms with E-state index < -0.39 is 0 Å². The van der Waals surface area contributed by atoms with Gasteiger partial charge in [-0.3, -0.25) is 4.98 Å². The first kappa shape index (κ1) is 29.2. The van der Waals surface area contributed by atoms with Crippen LogP contribution in [-0.4, -0.2) is 15.0 Å². The lowest BCUT2D eigenvalue weighted by molar-refractivity contribution is 0.739. The molecule has 1 aliphatic carbocycles. The number of hydrogen-bond donors (Lipinski definition) is 0. The summed E-state index contributed by atoms with van der Waals surface area (Å²) in [7, 11) is 0. The van der Waals surface area contributed by atoms with Crippen LogP contribution >= 0.6 is 0 Å². The summed E-state index contributed by atoms with van der Waals surface area (Å²) in [5, 5.41) is 7.21. The lowest BCUT2D eigenvalue weighted by Crippen LogP contribution is -2.03. The van der Waals surface area contributed by atoms with Gasteiger partial charge in [0.1, 0.15) is 0 Å². The first-order chi connectivity index (χ1) is 24.0. The van der Waals surface area contributed by atoms with E-state index in [-0.39, 0.29) is 0 Å². The van der Waals surface area contributed by atoms with Crippen molar-refractivity contribution in [1.82, 2.24) is 15.0 Å². The van der Waals surface area contributed by atoms with Gasteiger partial charge in [0.05, 0.1) is 28.1 Å². The molecular weight excluding hydrogens is 595 g/mol. The Morgan fingerprint density at radius 2 is 1.14 bits per heavy atom. The largest absolute Gasteiger partial charge is 0.256 e. The van der Waals surface area contributed by atoms with Gasteiger partial charge in [0.15, 0.2) is 0 Å². The molecule has 0 saturated carbocycles. The number of fused-ring (bicyclic) bond motifs is 6. The summed E-state index contributed by atoms with van der Waals surface area (Å²) in [4.78, 5) is 15.6. The van der Waals surface area contributed by atoms with Crippen LogP contribution in [0, 0.1) is 19.8 Å². The van der Waals surface area contributed by atoms with E-state index in [1.165, 1.54) is 54.8 Å². The van der Waals surface area contributed by atoms with Gasteiger partial charge in [-0.25, -0.2) is 9.97 Å². The Balaban J connectivity index is 1.45. The van der Waals surface area contributed by atoms with Gasteiger partial charge in [-0.05, 0) is 89.1 Å². The highest BCUT2D eigenvalue weighted by molar-refractivity contribution is 6.25. The molecule has 0 saturated heterocycles. The molecule has 0 N–H and O–H groups in total. The zero-order chi connectivity index (χ0) is 33.1. The molecule has 0 spiro atoms. The molecule has 0 amide bonds. The normalized spacial score (nSPS) is 14.6. The Labute approximate surface area is 286 Å². The first-order valence-electron chi connectivity index (χ1n) is 17.1. The average Bonchev–Trinajstić information content (AvgIpc) is 3.16. The zero-order valence-corrected chi connectivity index (χ0v) is 27.9. The number of nitrogens with zero attached hydrogens (tertiary/aromatic N) is 3. The van der Waals surface area contributed by atoms with E-state index in [1.54, 1.807) is 0 Å². The number of hydrogen-bond acceptors (Lipinski definition) is 3. The molecule has 3 aromatic heterocycles. The molecule has 3 heterocycles. The van der Waals surface area contributed by atoms with Crippen molar-refractivity contribution in [1.29, 1.82) is 0 Å². The predicted octanol–water partition coefficient (Wildman–Crippen LogP) is 12.1. The van der Waals surface area contributed by atoms with Crippen LogP contribution in [0.15, 0.2) is 140 Å². The fourth-order valence-electron chi connectivity index (χ4n) is 7.80. The van der Waals surface area contributed by atoms with E-state index in [4.69, 9.17) is 9.97 Å². The van der Waals surface area contributed by atoms with E-state index in [0.29, 0.717) is 5.92 Å². The molecule has 0 fully saturated rings. The SMILES string of the molecule is Cc1c2c(-c3ccccc3)nc3cc(-c4ccccn4)ccc3c2c(C)c2c(C3=CC(C)CC=C3)nc3cc(-c4ccccc4)ccc3c12. The van der Waals surface area contributed by atoms with Crippen LogP contribution in [-0.2, 0) is 0 Å². The Hall–Kier alpha value is -5.93. The number of aromatic nitrogens is 3. The number of rotatable bonds is 4. The number of allylic oxidation sites excluding steroid dienone is 4. The molecule has 1 atom stereocenters. The highest BCUT2D eigenvalue weighted by Crippen LogP contribution is 2.46. The molecule has 5 aromatic carbocycles. The van der Waals surface area contributed by atoms with E-state index in [0.717, 1.165) is 51.0 Å². The van der Waals surface area contributed by atoms with Crippen molar-refractivity contribution in [2.75, 3.05) is 0 Å². The molecule has 1 unspecified atom stereocenters. The van der Waals surface area contributed by atoms with Crippen LogP contribution < -0.4 is 0 Å². The average molecular weight is 630 g/mol. The van der Waals surface area contributed by atoms with Crippen LogP contribution in [0.5, 0.6) is 0 Å². The second kappa shape index (κ2) is 11.6. The van der Waals surface area contributed by atoms with Crippen LogP contribution in [0.1, 0.15) is 30.2 Å². The first-order valence-corrected chi connectivity index (χ1v) is 17.1. The molecule has 0 radical (unpaired) electrons. The molecular formula is C46H35N3. The van der Waals surface area contributed by atoms with E-state index in [9.17, 15) is 0 Å². The molecule has 9 rings (SSSR count). The van der Waals surface area contributed by atoms with Crippen molar-refractivity contribution in [3.05, 3.63) is 157 Å². The van der Waals surface area contributed by atoms with Gasteiger partial charge >= 0.3 is 0 Å². The van der Waals surface area contributed by atoms with Crippen LogP contribution in [0.4, 0.5) is 0 Å². The van der Waals surface area contributed by atoms with Crippen molar-refractivity contribution in [2.24, 2.45) is 5.92 Å². The highest BCUT2D eigenvalue weighted by Gasteiger charge is 2.24. The summed E-state index contributed by atoms with van der Waals surface area (Å²) in [5.74, 6) is 0.449. The van der Waals surface area contributed by atoms with Crippen molar-refractivity contribution >= 4 is 48.9 Å². The molecule has 0 bridgehead atoms. The van der Waals surface area contributed by atoms with E-state index >= 15 is 0 Å². The Morgan fingerprint density at radius 1 is 0.551 bits per heavy atom. The lowest BCUT2D eigenvalue weighted by Gasteiger charge is -2.22. The molecule has 3 heteroatoms. The van der Waals surface area contributed by atoms with Crippen LogP contribution in [0.25, 0.3) is 82.6 Å². The van der Waals surface area contributed by atoms with Crippen molar-refractivity contribution in [3.63, 3.8) is 0 Å². The standard InChI is InChI=1S/C46H35N3/c1-28-13-12-18-35(25-28)46-44-30(3)41-37-23-21-34(38-19-10-11-24-47-38)27-40(37)48-45(32-16-8-5-9-17-32)43(41)29(2)42(44)36-22-20-33(26-39(36)49-46)31-14-6-4-7-15-31/h4-12,14-28H,13H2,1-3H3. The summed E-state index contributed by atoms with van der Waals surface area (Å²) in [6.45, 7) is 6.86. The monoisotopic (exact) mass is 629 g/mol. The van der Waals surface area contributed by atoms with E-state index in [1.807, 2.05) is 18.3 Å². The van der Waals surface area contributed by atoms with Crippen LogP contribution in [0.3, 0.4) is 0 Å². The molecule has 1 aliphatic rings. The Morgan fingerprint density at radius 3 is 1.80 bits per heavy atom. The zero-order valence-electron chi connectivity index (χ0n) is 27.9. The maximum Gasteiger partial charge on any atom is 0.0791 e. The maximum atomic E-state index is 5.53. The minimum absolute atomic E-state index is 0.449. The lowest BCUT2D eigenvalue weighted by atomic mass is 9.84. The van der Waals surface area contributed by atoms with Gasteiger partial charge < -0.3 is 0 Å². The van der Waals surface area contributed by atoms with Gasteiger partial charge in [0.2, 0.25) is 0 Å². The minimum Gasteiger partial charge on any atom is -0.256 e. The maximum absolute atomic E-state index is 5.53. The molecule has 234 valence electrons. The smallest absolute Gasteiger partial charge is 0.0791 e. The quantitative estimate of drug-likeness (QED) is 0.144. The van der Waals surface area contributed by atoms with Gasteiger partial charge in [-0.15, -0.1) is 0 Å². The second-order valence-corrected chi connectivity index (χ2v) is 13.3. The van der Waals surface area contributed by atoms with Gasteiger partial charge in [0, 0.05) is 38.9 Å². The van der Waals surface area contributed by atoms with Crippen molar-refractivity contribution in [2.45, 2.75) is 27.2 Å². The van der Waals surface area contributed by atoms with Gasteiger partial charge in [0.25, 0.3) is 0 Å². The summed E-state index contributed by atoms with van der Waals surface area (Å²) < 4.78 is 0. The van der Waals surface area contributed by atoms with Crippen molar-refractivity contribution < 1.29 is 0 Å². The topological polar surface area (TPSA) is 38.7 Å². The fraction of sp³-hybridized carbons (Fsp3) is 0.109. The second-order valence-electron chi connectivity index (χ2n) is 13.3. The molecule has 3 nitrogen and oxygen atoms in total. The fourth-order valence-corrected chi connectivity index (χ4v) is 7.80. The molecule has 8 aromatic rings. The minimum atomic E-state index is 0.449. The number of aryl methyl sites for hydroxylation is 2. The Bertz CT molecular complexity index is 2640. The molecule has 49 heavy (non-hydrogen) atoms. The predicted molar refractivity (Wildman–Crippen MR) is 207 cm³/mol.